The Bertz CT molecular complexity index is 789. The zero-order valence-electron chi connectivity index (χ0n) is 16.6. The van der Waals surface area contributed by atoms with Crippen LogP contribution in [0, 0.1) is 12.8 Å². The highest BCUT2D eigenvalue weighted by atomic mass is 16.5. The van der Waals surface area contributed by atoms with Gasteiger partial charge in [0.25, 0.3) is 0 Å². The van der Waals surface area contributed by atoms with Crippen molar-refractivity contribution in [1.82, 2.24) is 4.90 Å². The van der Waals surface area contributed by atoms with E-state index in [1.54, 1.807) is 0 Å². The number of amides is 1. The van der Waals surface area contributed by atoms with Crippen molar-refractivity contribution in [2.24, 2.45) is 5.92 Å². The highest BCUT2D eigenvalue weighted by Crippen LogP contribution is 2.29. The molecule has 5 nitrogen and oxygen atoms in total. The fourth-order valence-electron chi connectivity index (χ4n) is 3.70. The van der Waals surface area contributed by atoms with E-state index in [4.69, 9.17) is 4.74 Å². The lowest BCUT2D eigenvalue weighted by Crippen LogP contribution is -2.45. The Labute approximate surface area is 166 Å². The maximum Gasteiger partial charge on any atom is 0.310 e. The average Bonchev–Trinajstić information content (AvgIpc) is 2.71. The van der Waals surface area contributed by atoms with Gasteiger partial charge in [-0.2, -0.15) is 0 Å². The van der Waals surface area contributed by atoms with E-state index in [-0.39, 0.29) is 17.8 Å². The number of esters is 1. The molecule has 1 heterocycles. The van der Waals surface area contributed by atoms with Crippen molar-refractivity contribution >= 4 is 17.6 Å². The first-order valence-electron chi connectivity index (χ1n) is 9.91. The highest BCUT2D eigenvalue weighted by molar-refractivity contribution is 5.95. The average molecular weight is 380 g/mol. The monoisotopic (exact) mass is 380 g/mol. The number of anilines is 1. The molecule has 0 aliphatic carbocycles. The summed E-state index contributed by atoms with van der Waals surface area (Å²) in [6.07, 6.45) is 1.67. The number of rotatable bonds is 6. The molecule has 1 aliphatic rings. The minimum Gasteiger partial charge on any atom is -0.466 e. The molecule has 3 rings (SSSR count). The van der Waals surface area contributed by atoms with Crippen LogP contribution in [-0.2, 0) is 14.3 Å². The van der Waals surface area contributed by atoms with Crippen molar-refractivity contribution in [3.05, 3.63) is 65.7 Å². The summed E-state index contributed by atoms with van der Waals surface area (Å²) in [7, 11) is 0. The van der Waals surface area contributed by atoms with Gasteiger partial charge >= 0.3 is 5.97 Å². The summed E-state index contributed by atoms with van der Waals surface area (Å²) in [6.45, 7) is 5.52. The summed E-state index contributed by atoms with van der Waals surface area (Å²) in [6, 6.07) is 17.1. The fourth-order valence-corrected chi connectivity index (χ4v) is 3.70. The molecular formula is C23H28N2O3. The molecule has 2 atom stereocenters. The number of benzene rings is 2. The smallest absolute Gasteiger partial charge is 0.310 e. The summed E-state index contributed by atoms with van der Waals surface area (Å²) in [5.74, 6) is -0.440. The van der Waals surface area contributed by atoms with Crippen molar-refractivity contribution in [2.45, 2.75) is 32.7 Å². The Morgan fingerprint density at radius 1 is 1.14 bits per heavy atom. The molecule has 5 heteroatoms. The first kappa shape index (κ1) is 20.1. The van der Waals surface area contributed by atoms with Gasteiger partial charge in [0.2, 0.25) is 5.91 Å². The van der Waals surface area contributed by atoms with Crippen molar-refractivity contribution in [3.63, 3.8) is 0 Å². The molecule has 0 aromatic heterocycles. The number of carbonyl (C=O) groups excluding carboxylic acids is 2. The third kappa shape index (κ3) is 4.98. The van der Waals surface area contributed by atoms with E-state index in [1.807, 2.05) is 68.4 Å². The lowest BCUT2D eigenvalue weighted by Gasteiger charge is -2.36. The summed E-state index contributed by atoms with van der Waals surface area (Å²) in [4.78, 5) is 27.6. The van der Waals surface area contributed by atoms with E-state index < -0.39 is 6.04 Å². The van der Waals surface area contributed by atoms with Crippen LogP contribution in [0.5, 0.6) is 0 Å². The van der Waals surface area contributed by atoms with Gasteiger partial charge in [0, 0.05) is 12.2 Å². The molecule has 0 bridgehead atoms. The first-order valence-corrected chi connectivity index (χ1v) is 9.91. The van der Waals surface area contributed by atoms with E-state index in [0.29, 0.717) is 13.2 Å². The summed E-state index contributed by atoms with van der Waals surface area (Å²) in [5.41, 5.74) is 2.85. The molecule has 1 saturated heterocycles. The predicted octanol–water partition coefficient (Wildman–Crippen LogP) is 3.95. The zero-order valence-corrected chi connectivity index (χ0v) is 16.6. The van der Waals surface area contributed by atoms with Gasteiger partial charge in [-0.25, -0.2) is 0 Å². The van der Waals surface area contributed by atoms with Gasteiger partial charge in [0.1, 0.15) is 6.04 Å². The Hall–Kier alpha value is -2.66. The number of ether oxygens (including phenoxy) is 1. The normalized spacial score (nSPS) is 18.3. The van der Waals surface area contributed by atoms with E-state index in [9.17, 15) is 9.59 Å². The van der Waals surface area contributed by atoms with Crippen LogP contribution in [0.15, 0.2) is 54.6 Å². The van der Waals surface area contributed by atoms with Gasteiger partial charge in [-0.15, -0.1) is 0 Å². The van der Waals surface area contributed by atoms with Gasteiger partial charge in [0.15, 0.2) is 0 Å². The van der Waals surface area contributed by atoms with Crippen LogP contribution in [0.2, 0.25) is 0 Å². The maximum atomic E-state index is 13.2. The quantitative estimate of drug-likeness (QED) is 0.771. The first-order chi connectivity index (χ1) is 13.6. The van der Waals surface area contributed by atoms with Crippen molar-refractivity contribution in [2.75, 3.05) is 25.0 Å². The molecule has 2 aromatic rings. The molecule has 1 amide bonds. The molecule has 0 unspecified atom stereocenters. The Kier molecular flexibility index (Phi) is 6.82. The van der Waals surface area contributed by atoms with Crippen LogP contribution in [-0.4, -0.2) is 36.5 Å². The van der Waals surface area contributed by atoms with Crippen LogP contribution in [0.3, 0.4) is 0 Å². The van der Waals surface area contributed by atoms with E-state index in [0.717, 1.165) is 36.2 Å². The van der Waals surface area contributed by atoms with Gasteiger partial charge in [-0.3, -0.25) is 14.5 Å². The lowest BCUT2D eigenvalue weighted by atomic mass is 9.94. The lowest BCUT2D eigenvalue weighted by molar-refractivity contribution is -0.151. The summed E-state index contributed by atoms with van der Waals surface area (Å²) in [5, 5.41) is 3.04. The molecule has 0 saturated carbocycles. The number of nitrogens with zero attached hydrogens (tertiary/aromatic N) is 1. The van der Waals surface area contributed by atoms with Crippen LogP contribution in [0.4, 0.5) is 5.69 Å². The second kappa shape index (κ2) is 9.51. The van der Waals surface area contributed by atoms with Gasteiger partial charge in [-0.05, 0) is 50.9 Å². The van der Waals surface area contributed by atoms with Crippen molar-refractivity contribution in [3.8, 4) is 0 Å². The maximum absolute atomic E-state index is 13.2. The molecule has 1 aliphatic heterocycles. The van der Waals surface area contributed by atoms with Crippen LogP contribution < -0.4 is 5.32 Å². The van der Waals surface area contributed by atoms with E-state index >= 15 is 0 Å². The number of hydrogen-bond acceptors (Lipinski definition) is 4. The number of likely N-dealkylation sites (tertiary alicyclic amines) is 1. The number of carbonyl (C=O) groups is 2. The molecule has 1 N–H and O–H groups in total. The van der Waals surface area contributed by atoms with Gasteiger partial charge in [0.05, 0.1) is 12.5 Å². The molecule has 0 spiro atoms. The van der Waals surface area contributed by atoms with Crippen LogP contribution in [0.1, 0.15) is 36.9 Å². The molecule has 2 aromatic carbocycles. The molecule has 28 heavy (non-hydrogen) atoms. The molecule has 1 fully saturated rings. The van der Waals surface area contributed by atoms with E-state index in [1.165, 1.54) is 0 Å². The van der Waals surface area contributed by atoms with Crippen LogP contribution in [0.25, 0.3) is 0 Å². The largest absolute Gasteiger partial charge is 0.466 e. The van der Waals surface area contributed by atoms with Gasteiger partial charge in [-0.1, -0.05) is 48.0 Å². The van der Waals surface area contributed by atoms with Crippen molar-refractivity contribution < 1.29 is 14.3 Å². The predicted molar refractivity (Wildman–Crippen MR) is 110 cm³/mol. The minimum atomic E-state index is -0.445. The SMILES string of the molecule is CCOC(=O)[C@H]1CCCN([C@H](C(=O)Nc2ccc(C)cc2)c2ccccc2)C1. The molecule has 0 radical (unpaired) electrons. The summed E-state index contributed by atoms with van der Waals surface area (Å²) < 4.78 is 5.22. The standard InChI is InChI=1S/C23H28N2O3/c1-3-28-23(27)19-10-7-15-25(16-19)21(18-8-5-4-6-9-18)22(26)24-20-13-11-17(2)12-14-20/h4-6,8-9,11-14,19,21H,3,7,10,15-16H2,1-2H3,(H,24,26)/t19-,21-/m0/s1. The highest BCUT2D eigenvalue weighted by Gasteiger charge is 2.34. The third-order valence-electron chi connectivity index (χ3n) is 5.12. The van der Waals surface area contributed by atoms with Crippen LogP contribution >= 0.6 is 0 Å². The second-order valence-electron chi connectivity index (χ2n) is 7.25. The second-order valence-corrected chi connectivity index (χ2v) is 7.25. The number of aryl methyl sites for hydroxylation is 1. The topological polar surface area (TPSA) is 58.6 Å². The molecular weight excluding hydrogens is 352 g/mol. The Balaban J connectivity index is 1.81. The Morgan fingerprint density at radius 2 is 1.86 bits per heavy atom. The Morgan fingerprint density at radius 3 is 2.54 bits per heavy atom. The van der Waals surface area contributed by atoms with Crippen molar-refractivity contribution in [1.29, 1.82) is 0 Å². The fraction of sp³-hybridized carbons (Fsp3) is 0.391. The number of hydrogen-bond donors (Lipinski definition) is 1. The third-order valence-corrected chi connectivity index (χ3v) is 5.12. The molecule has 148 valence electrons. The minimum absolute atomic E-state index is 0.0837. The number of nitrogens with one attached hydrogen (secondary N) is 1. The van der Waals surface area contributed by atoms with E-state index in [2.05, 4.69) is 10.2 Å². The van der Waals surface area contributed by atoms with Gasteiger partial charge < -0.3 is 10.1 Å². The number of piperidine rings is 1. The zero-order chi connectivity index (χ0) is 19.9. The summed E-state index contributed by atoms with van der Waals surface area (Å²) >= 11 is 0.